The van der Waals surface area contributed by atoms with Gasteiger partial charge in [-0.25, -0.2) is 34.3 Å². The molecule has 1 heterocycles. The van der Waals surface area contributed by atoms with Crippen LogP contribution in [0.3, 0.4) is 0 Å². The highest BCUT2D eigenvalue weighted by molar-refractivity contribution is 4.76. The maximum atomic E-state index is 13.6. The minimum atomic E-state index is -5.66. The predicted octanol–water partition coefficient (Wildman–Crippen LogP) is 6.53. The van der Waals surface area contributed by atoms with E-state index in [1.807, 2.05) is 0 Å². The molecule has 0 aromatic carbocycles. The molecule has 0 aromatic rings. The Bertz CT molecular complexity index is 931. The van der Waals surface area contributed by atoms with E-state index in [9.17, 15) is 92.2 Å². The van der Waals surface area contributed by atoms with Crippen LogP contribution in [-0.2, 0) is 0 Å². The Balaban J connectivity index is 3.53. The first kappa shape index (κ1) is 47.3. The van der Waals surface area contributed by atoms with E-state index in [-0.39, 0.29) is 0 Å². The molecule has 1 rings (SSSR count). The van der Waals surface area contributed by atoms with Crippen molar-refractivity contribution in [2.24, 2.45) is 0 Å². The van der Waals surface area contributed by atoms with Gasteiger partial charge in [0.1, 0.15) is 0 Å². The van der Waals surface area contributed by atoms with E-state index in [1.54, 1.807) is 0 Å². The third-order valence-corrected chi connectivity index (χ3v) is 7.42. The van der Waals surface area contributed by atoms with E-state index in [1.165, 1.54) is 0 Å². The van der Waals surface area contributed by atoms with Gasteiger partial charge in [-0.15, -0.1) is 0 Å². The largest absolute Gasteiger partial charge is 0.460 e. The molecular formula is C23H32F21N7. The van der Waals surface area contributed by atoms with Gasteiger partial charge in [0.05, 0.1) is 0 Å². The van der Waals surface area contributed by atoms with Crippen LogP contribution in [-0.4, -0.2) is 170 Å². The summed E-state index contributed by atoms with van der Waals surface area (Å²) in [5, 5.41) is 0. The quantitative estimate of drug-likeness (QED) is 0.203. The molecule has 0 spiro atoms. The van der Waals surface area contributed by atoms with Crippen molar-refractivity contribution in [2.45, 2.75) is 56.9 Å². The molecule has 1 saturated heterocycles. The maximum Gasteiger partial charge on any atom is 0.460 e. The second kappa shape index (κ2) is 18.1. The summed E-state index contributed by atoms with van der Waals surface area (Å²) in [4.78, 5) is -5.48. The van der Waals surface area contributed by atoms with Crippen LogP contribution in [0.1, 0.15) is 12.8 Å². The second-order valence-corrected chi connectivity index (χ2v) is 10.9. The van der Waals surface area contributed by atoms with E-state index >= 15 is 0 Å². The number of hydrogen-bond donors (Lipinski definition) is 0. The molecule has 0 unspecified atom stereocenters. The van der Waals surface area contributed by atoms with Crippen molar-refractivity contribution in [3.63, 3.8) is 0 Å². The van der Waals surface area contributed by atoms with Gasteiger partial charge in [-0.1, -0.05) is 0 Å². The molecule has 1 fully saturated rings. The SMILES string of the molecule is FC(F)(F)N1CCCN(C(F)(F)F)CCN(C(F)(F)F)CCN(C(F)(F)F)CCN(C(F)(F)F)CCN(C(F)(F)F)CCCN(C(F)(F)F)CC1. The molecule has 1 aliphatic rings. The summed E-state index contributed by atoms with van der Waals surface area (Å²) in [5.74, 6) is 0. The molecule has 0 radical (unpaired) electrons. The van der Waals surface area contributed by atoms with E-state index in [4.69, 9.17) is 0 Å². The number of alkyl halides is 21. The van der Waals surface area contributed by atoms with E-state index in [2.05, 4.69) is 0 Å². The van der Waals surface area contributed by atoms with Gasteiger partial charge in [0, 0.05) is 91.6 Å². The molecule has 0 N–H and O–H groups in total. The smallest absolute Gasteiger partial charge is 0.213 e. The monoisotopic (exact) mass is 805 g/mol. The molecule has 306 valence electrons. The first-order valence-electron chi connectivity index (χ1n) is 14.5. The molecular weight excluding hydrogens is 773 g/mol. The highest BCUT2D eigenvalue weighted by Gasteiger charge is 2.46. The highest BCUT2D eigenvalue weighted by Crippen LogP contribution is 2.30. The third kappa shape index (κ3) is 17.3. The van der Waals surface area contributed by atoms with Crippen molar-refractivity contribution >= 4 is 0 Å². The topological polar surface area (TPSA) is 22.7 Å². The standard InChI is InChI=1S/C23H32F21N7/c24-17(25,26)45-3-1-5-47(19(30,31)32)9-11-49(21(36,37)38)13-15-51(23(42,43)44)16-14-50(22(39,40)41)12-10-48(20(33,34)35)6-2-4-46(8-7-45)18(27,28)29/h1-16H2. The lowest BCUT2D eigenvalue weighted by Gasteiger charge is -2.34. The Labute approximate surface area is 276 Å². The normalized spacial score (nSPS) is 22.8. The van der Waals surface area contributed by atoms with Crippen molar-refractivity contribution in [1.29, 1.82) is 0 Å². The van der Waals surface area contributed by atoms with E-state index in [0.29, 0.717) is 0 Å². The van der Waals surface area contributed by atoms with Gasteiger partial charge in [-0.2, -0.15) is 92.2 Å². The molecule has 28 heteroatoms. The number of rotatable bonds is 0. The molecule has 0 atom stereocenters. The van der Waals surface area contributed by atoms with Crippen molar-refractivity contribution in [1.82, 2.24) is 34.3 Å². The summed E-state index contributed by atoms with van der Waals surface area (Å²) < 4.78 is 285. The first-order chi connectivity index (χ1) is 22.7. The van der Waals surface area contributed by atoms with E-state index < -0.39 is 183 Å². The Morgan fingerprint density at radius 1 is 0.176 bits per heavy atom. The predicted molar refractivity (Wildman–Crippen MR) is 133 cm³/mol. The van der Waals surface area contributed by atoms with Gasteiger partial charge in [-0.3, -0.25) is 0 Å². The molecule has 7 nitrogen and oxygen atoms in total. The second-order valence-electron chi connectivity index (χ2n) is 10.9. The summed E-state index contributed by atoms with van der Waals surface area (Å²) in [6.07, 6.45) is -41.3. The maximum absolute atomic E-state index is 13.6. The van der Waals surface area contributed by atoms with Gasteiger partial charge in [0.15, 0.2) is 0 Å². The Morgan fingerprint density at radius 3 is 0.373 bits per heavy atom. The van der Waals surface area contributed by atoms with Crippen LogP contribution < -0.4 is 0 Å². The van der Waals surface area contributed by atoms with Crippen LogP contribution in [0.4, 0.5) is 92.2 Å². The van der Waals surface area contributed by atoms with Crippen LogP contribution in [0, 0.1) is 0 Å². The minimum absolute atomic E-state index is 0.683. The average molecular weight is 806 g/mol. The Kier molecular flexibility index (Phi) is 16.7. The molecule has 0 saturated carbocycles. The van der Waals surface area contributed by atoms with Crippen molar-refractivity contribution < 1.29 is 92.2 Å². The van der Waals surface area contributed by atoms with Crippen LogP contribution >= 0.6 is 0 Å². The molecule has 1 aliphatic heterocycles. The van der Waals surface area contributed by atoms with Crippen molar-refractivity contribution in [3.05, 3.63) is 0 Å². The van der Waals surface area contributed by atoms with Gasteiger partial charge in [0.25, 0.3) is 0 Å². The summed E-state index contributed by atoms with van der Waals surface area (Å²) >= 11 is 0. The average Bonchev–Trinajstić information content (AvgIpc) is 2.88. The highest BCUT2D eigenvalue weighted by atomic mass is 19.4. The summed E-state index contributed by atoms with van der Waals surface area (Å²) in [6, 6.07) is 0. The fourth-order valence-corrected chi connectivity index (χ4v) is 4.67. The van der Waals surface area contributed by atoms with Gasteiger partial charge >= 0.3 is 44.1 Å². The molecule has 0 aliphatic carbocycles. The fourth-order valence-electron chi connectivity index (χ4n) is 4.67. The Morgan fingerprint density at radius 2 is 0.275 bits per heavy atom. The Hall–Kier alpha value is -1.75. The van der Waals surface area contributed by atoms with Crippen LogP contribution in [0.15, 0.2) is 0 Å². The fraction of sp³-hybridized carbons (Fsp3) is 1.00. The number of halogens is 21. The minimum Gasteiger partial charge on any atom is -0.213 e. The van der Waals surface area contributed by atoms with Gasteiger partial charge < -0.3 is 0 Å². The molecule has 0 amide bonds. The lowest BCUT2D eigenvalue weighted by atomic mass is 10.3. The van der Waals surface area contributed by atoms with Gasteiger partial charge in [0.2, 0.25) is 0 Å². The van der Waals surface area contributed by atoms with Crippen LogP contribution in [0.5, 0.6) is 0 Å². The zero-order chi connectivity index (χ0) is 39.9. The lowest BCUT2D eigenvalue weighted by Crippen LogP contribution is -2.53. The van der Waals surface area contributed by atoms with Crippen LogP contribution in [0.25, 0.3) is 0 Å². The van der Waals surface area contributed by atoms with Crippen molar-refractivity contribution in [3.8, 4) is 0 Å². The molecule has 0 bridgehead atoms. The third-order valence-electron chi connectivity index (χ3n) is 7.42. The zero-order valence-corrected chi connectivity index (χ0v) is 25.9. The summed E-state index contributed by atoms with van der Waals surface area (Å²) in [7, 11) is 0. The molecule has 51 heavy (non-hydrogen) atoms. The summed E-state index contributed by atoms with van der Waals surface area (Å²) in [5.41, 5.74) is 0. The summed E-state index contributed by atoms with van der Waals surface area (Å²) in [6.45, 7) is -23.1. The van der Waals surface area contributed by atoms with Crippen LogP contribution in [0.2, 0.25) is 0 Å². The number of nitrogens with zero attached hydrogens (tertiary/aromatic N) is 7. The van der Waals surface area contributed by atoms with E-state index in [0.717, 1.165) is 0 Å². The number of hydrogen-bond acceptors (Lipinski definition) is 7. The lowest BCUT2D eigenvalue weighted by molar-refractivity contribution is -0.281. The first-order valence-corrected chi connectivity index (χ1v) is 14.5. The molecule has 0 aromatic heterocycles. The van der Waals surface area contributed by atoms with Gasteiger partial charge in [-0.05, 0) is 12.8 Å². The van der Waals surface area contributed by atoms with Crippen molar-refractivity contribution in [2.75, 3.05) is 91.6 Å². The zero-order valence-electron chi connectivity index (χ0n) is 25.9.